The van der Waals surface area contributed by atoms with Crippen LogP contribution in [0.3, 0.4) is 0 Å². The van der Waals surface area contributed by atoms with E-state index in [-0.39, 0.29) is 5.76 Å². The molecule has 0 amide bonds. The van der Waals surface area contributed by atoms with Crippen LogP contribution in [-0.4, -0.2) is 40.2 Å². The zero-order valence-corrected chi connectivity index (χ0v) is 10.7. The second-order valence-electron chi connectivity index (χ2n) is 5.13. The first kappa shape index (κ1) is 13.1. The highest BCUT2D eigenvalue weighted by Gasteiger charge is 2.37. The third-order valence-electron chi connectivity index (χ3n) is 3.63. The number of carboxylic acids is 1. The van der Waals surface area contributed by atoms with Gasteiger partial charge in [-0.25, -0.2) is 4.79 Å². The molecule has 1 fully saturated rings. The summed E-state index contributed by atoms with van der Waals surface area (Å²) in [6, 6.07) is 3.42. The van der Waals surface area contributed by atoms with Crippen molar-refractivity contribution in [1.82, 2.24) is 4.90 Å². The maximum Gasteiger partial charge on any atom is 0.371 e. The van der Waals surface area contributed by atoms with Crippen LogP contribution in [0.2, 0.25) is 0 Å². The minimum Gasteiger partial charge on any atom is -0.475 e. The maximum absolute atomic E-state index is 10.8. The summed E-state index contributed by atoms with van der Waals surface area (Å²) in [6.45, 7) is 5.83. The predicted octanol–water partition coefficient (Wildman–Crippen LogP) is 1.67. The van der Waals surface area contributed by atoms with Crippen molar-refractivity contribution in [3.8, 4) is 0 Å². The van der Waals surface area contributed by atoms with Gasteiger partial charge in [-0.2, -0.15) is 0 Å². The van der Waals surface area contributed by atoms with Gasteiger partial charge in [0.05, 0.1) is 0 Å². The van der Waals surface area contributed by atoms with Crippen LogP contribution >= 0.6 is 0 Å². The smallest absolute Gasteiger partial charge is 0.371 e. The molecular formula is C13H19NO4. The van der Waals surface area contributed by atoms with Crippen molar-refractivity contribution in [2.45, 2.75) is 38.3 Å². The number of furan rings is 1. The Balaban J connectivity index is 2.10. The summed E-state index contributed by atoms with van der Waals surface area (Å²) in [5.41, 5.74) is -1.03. The first-order valence-electron chi connectivity index (χ1n) is 6.22. The Bertz CT molecular complexity index is 430. The van der Waals surface area contributed by atoms with Crippen molar-refractivity contribution in [3.05, 3.63) is 23.7 Å². The lowest BCUT2D eigenvalue weighted by molar-refractivity contribution is -0.0481. The molecule has 0 radical (unpaired) electrons. The summed E-state index contributed by atoms with van der Waals surface area (Å²) < 4.78 is 5.22. The van der Waals surface area contributed by atoms with Crippen LogP contribution in [0.25, 0.3) is 0 Å². The molecule has 1 aliphatic rings. The molecule has 0 unspecified atom stereocenters. The van der Waals surface area contributed by atoms with Crippen molar-refractivity contribution in [2.24, 2.45) is 0 Å². The van der Waals surface area contributed by atoms with E-state index >= 15 is 0 Å². The van der Waals surface area contributed by atoms with Crippen LogP contribution < -0.4 is 0 Å². The van der Waals surface area contributed by atoms with E-state index in [1.165, 1.54) is 6.07 Å². The maximum atomic E-state index is 10.8. The zero-order valence-electron chi connectivity index (χ0n) is 10.7. The standard InChI is InChI=1S/C13H19NO4/c1-9(2)14-7-5-13(17,6-8-14)11-4-3-10(18-11)12(15)16/h3-4,9,17H,5-8H2,1-2H3,(H,15,16). The Hall–Kier alpha value is -1.33. The van der Waals surface area contributed by atoms with E-state index in [2.05, 4.69) is 18.7 Å². The molecule has 2 N–H and O–H groups in total. The topological polar surface area (TPSA) is 73.9 Å². The quantitative estimate of drug-likeness (QED) is 0.857. The Morgan fingerprint density at radius 1 is 1.39 bits per heavy atom. The lowest BCUT2D eigenvalue weighted by atomic mass is 9.88. The normalized spacial score (nSPS) is 20.2. The fraction of sp³-hybridized carbons (Fsp3) is 0.615. The highest BCUT2D eigenvalue weighted by Crippen LogP contribution is 2.34. The first-order valence-corrected chi connectivity index (χ1v) is 6.22. The van der Waals surface area contributed by atoms with Crippen molar-refractivity contribution in [2.75, 3.05) is 13.1 Å². The number of hydrogen-bond donors (Lipinski definition) is 2. The molecule has 5 nitrogen and oxygen atoms in total. The Morgan fingerprint density at radius 2 is 2.00 bits per heavy atom. The number of likely N-dealkylation sites (tertiary alicyclic amines) is 1. The van der Waals surface area contributed by atoms with E-state index in [0.717, 1.165) is 13.1 Å². The van der Waals surface area contributed by atoms with Gasteiger partial charge in [-0.15, -0.1) is 0 Å². The molecule has 0 saturated carbocycles. The van der Waals surface area contributed by atoms with Gasteiger partial charge in [-0.05, 0) is 38.8 Å². The van der Waals surface area contributed by atoms with Crippen LogP contribution in [0.5, 0.6) is 0 Å². The van der Waals surface area contributed by atoms with E-state index in [1.807, 2.05) is 0 Å². The molecule has 0 atom stereocenters. The van der Waals surface area contributed by atoms with Gasteiger partial charge in [0.2, 0.25) is 5.76 Å². The van der Waals surface area contributed by atoms with Gasteiger partial charge in [-0.1, -0.05) is 0 Å². The van der Waals surface area contributed by atoms with Crippen molar-refractivity contribution < 1.29 is 19.4 Å². The highest BCUT2D eigenvalue weighted by atomic mass is 16.4. The number of rotatable bonds is 3. The van der Waals surface area contributed by atoms with E-state index < -0.39 is 11.6 Å². The number of aliphatic hydroxyl groups is 1. The third kappa shape index (κ3) is 2.42. The monoisotopic (exact) mass is 253 g/mol. The van der Waals surface area contributed by atoms with Crippen LogP contribution in [0, 0.1) is 0 Å². The number of carbonyl (C=O) groups is 1. The van der Waals surface area contributed by atoms with Crippen molar-refractivity contribution in [1.29, 1.82) is 0 Å². The first-order chi connectivity index (χ1) is 8.42. The molecule has 2 rings (SSSR count). The van der Waals surface area contributed by atoms with Gasteiger partial charge in [0.15, 0.2) is 0 Å². The minimum atomic E-state index is -1.11. The number of piperidine rings is 1. The molecule has 1 aromatic heterocycles. The molecule has 100 valence electrons. The molecule has 0 bridgehead atoms. The van der Waals surface area contributed by atoms with Crippen LogP contribution in [0.15, 0.2) is 16.5 Å². The van der Waals surface area contributed by atoms with Gasteiger partial charge >= 0.3 is 5.97 Å². The van der Waals surface area contributed by atoms with Gasteiger partial charge in [-0.3, -0.25) is 0 Å². The summed E-state index contributed by atoms with van der Waals surface area (Å²) >= 11 is 0. The fourth-order valence-electron chi connectivity index (χ4n) is 2.36. The van der Waals surface area contributed by atoms with Crippen LogP contribution in [0.1, 0.15) is 43.0 Å². The summed E-state index contributed by atoms with van der Waals surface area (Å²) in [4.78, 5) is 13.0. The van der Waals surface area contributed by atoms with Gasteiger partial charge < -0.3 is 19.5 Å². The molecule has 1 aliphatic heterocycles. The number of hydrogen-bond acceptors (Lipinski definition) is 4. The van der Waals surface area contributed by atoms with E-state index in [0.29, 0.717) is 24.6 Å². The molecule has 18 heavy (non-hydrogen) atoms. The number of nitrogens with zero attached hydrogens (tertiary/aromatic N) is 1. The van der Waals surface area contributed by atoms with Crippen molar-refractivity contribution in [3.63, 3.8) is 0 Å². The van der Waals surface area contributed by atoms with Gasteiger partial charge in [0.25, 0.3) is 0 Å². The van der Waals surface area contributed by atoms with Gasteiger partial charge in [0, 0.05) is 19.1 Å². The summed E-state index contributed by atoms with van der Waals surface area (Å²) in [5.74, 6) is -0.863. The molecule has 1 saturated heterocycles. The number of carboxylic acid groups (broad SMARTS) is 1. The molecule has 1 aromatic rings. The Labute approximate surface area is 106 Å². The molecular weight excluding hydrogens is 234 g/mol. The van der Waals surface area contributed by atoms with Crippen LogP contribution in [0.4, 0.5) is 0 Å². The van der Waals surface area contributed by atoms with E-state index in [9.17, 15) is 9.90 Å². The van der Waals surface area contributed by atoms with Crippen molar-refractivity contribution >= 4 is 5.97 Å². The van der Waals surface area contributed by atoms with Gasteiger partial charge in [0.1, 0.15) is 11.4 Å². The summed E-state index contributed by atoms with van der Waals surface area (Å²) in [6.07, 6.45) is 1.13. The average molecular weight is 253 g/mol. The molecule has 2 heterocycles. The largest absolute Gasteiger partial charge is 0.475 e. The highest BCUT2D eigenvalue weighted by molar-refractivity contribution is 5.84. The zero-order chi connectivity index (χ0) is 13.3. The number of aromatic carboxylic acids is 1. The van der Waals surface area contributed by atoms with E-state index in [4.69, 9.17) is 9.52 Å². The Kier molecular flexibility index (Phi) is 3.45. The molecule has 0 aromatic carbocycles. The Morgan fingerprint density at radius 3 is 2.44 bits per heavy atom. The molecule has 5 heteroatoms. The predicted molar refractivity (Wildman–Crippen MR) is 65.5 cm³/mol. The minimum absolute atomic E-state index is 0.121. The fourth-order valence-corrected chi connectivity index (χ4v) is 2.36. The second-order valence-corrected chi connectivity index (χ2v) is 5.13. The molecule has 0 spiro atoms. The third-order valence-corrected chi connectivity index (χ3v) is 3.63. The lowest BCUT2D eigenvalue weighted by Crippen LogP contribution is -2.45. The van der Waals surface area contributed by atoms with Crippen LogP contribution in [-0.2, 0) is 5.60 Å². The second kappa shape index (κ2) is 4.74. The molecule has 0 aliphatic carbocycles. The average Bonchev–Trinajstić information content (AvgIpc) is 2.79. The lowest BCUT2D eigenvalue weighted by Gasteiger charge is -2.38. The summed E-state index contributed by atoms with van der Waals surface area (Å²) in [7, 11) is 0. The SMILES string of the molecule is CC(C)N1CCC(O)(c2ccc(C(=O)O)o2)CC1. The summed E-state index contributed by atoms with van der Waals surface area (Å²) in [5, 5.41) is 19.3. The van der Waals surface area contributed by atoms with E-state index in [1.54, 1.807) is 6.07 Å².